The Morgan fingerprint density at radius 2 is 2.33 bits per heavy atom. The van der Waals surface area contributed by atoms with Gasteiger partial charge in [0.05, 0.1) is 17.8 Å². The molecule has 0 aliphatic carbocycles. The van der Waals surface area contributed by atoms with Crippen LogP contribution in [0.15, 0.2) is 24.5 Å². The number of benzene rings is 1. The Morgan fingerprint density at radius 3 is 3.06 bits per heavy atom. The quantitative estimate of drug-likeness (QED) is 0.893. The summed E-state index contributed by atoms with van der Waals surface area (Å²) in [6, 6.07) is 6.01. The number of halogens is 1. The number of hydrogen-bond donors (Lipinski definition) is 1. The van der Waals surface area contributed by atoms with Crippen molar-refractivity contribution in [3.05, 3.63) is 41.7 Å². The molecule has 0 atom stereocenters. The molecule has 0 aliphatic heterocycles. The third-order valence-electron chi connectivity index (χ3n) is 2.58. The number of aryl methyl sites for hydroxylation is 1. The number of hydrogen-bond acceptors (Lipinski definition) is 4. The lowest BCUT2D eigenvalue weighted by molar-refractivity contribution is 0.627. The van der Waals surface area contributed by atoms with Gasteiger partial charge in [-0.15, -0.1) is 10.2 Å². The van der Waals surface area contributed by atoms with Gasteiger partial charge in [0.1, 0.15) is 18.2 Å². The molecule has 1 aromatic heterocycles. The molecule has 1 heterocycles. The minimum absolute atomic E-state index is 0.276. The number of nitrogens with zero attached hydrogens (tertiary/aromatic N) is 4. The van der Waals surface area contributed by atoms with Gasteiger partial charge in [0.2, 0.25) is 0 Å². The number of nitrogens with one attached hydrogen (secondary N) is 1. The van der Waals surface area contributed by atoms with Crippen molar-refractivity contribution in [1.29, 1.82) is 5.26 Å². The second-order valence-electron chi connectivity index (χ2n) is 3.69. The van der Waals surface area contributed by atoms with Crippen LogP contribution in [0.25, 0.3) is 0 Å². The van der Waals surface area contributed by atoms with Crippen LogP contribution in [0.3, 0.4) is 0 Å². The molecule has 6 heteroatoms. The lowest BCUT2D eigenvalue weighted by Gasteiger charge is -2.08. The highest BCUT2D eigenvalue weighted by Gasteiger charge is 2.06. The van der Waals surface area contributed by atoms with Crippen LogP contribution in [-0.4, -0.2) is 14.8 Å². The summed E-state index contributed by atoms with van der Waals surface area (Å²) in [5, 5.41) is 19.7. The molecule has 5 nitrogen and oxygen atoms in total. The molecule has 2 rings (SSSR count). The maximum Gasteiger partial charge on any atom is 0.152 e. The van der Waals surface area contributed by atoms with Crippen LogP contribution >= 0.6 is 0 Å². The SMILES string of the molecule is CCn1cnnc1CNc1ccc(F)cc1C#N. The first kappa shape index (κ1) is 12.0. The molecule has 1 aromatic carbocycles. The van der Waals surface area contributed by atoms with Crippen LogP contribution in [0, 0.1) is 17.1 Å². The van der Waals surface area contributed by atoms with E-state index in [0.29, 0.717) is 12.2 Å². The van der Waals surface area contributed by atoms with Crippen molar-refractivity contribution in [1.82, 2.24) is 14.8 Å². The van der Waals surface area contributed by atoms with Gasteiger partial charge in [0, 0.05) is 6.54 Å². The molecule has 18 heavy (non-hydrogen) atoms. The largest absolute Gasteiger partial charge is 0.377 e. The van der Waals surface area contributed by atoms with Crippen LogP contribution < -0.4 is 5.32 Å². The molecule has 0 amide bonds. The fourth-order valence-corrected chi connectivity index (χ4v) is 1.62. The summed E-state index contributed by atoms with van der Waals surface area (Å²) >= 11 is 0. The second-order valence-corrected chi connectivity index (χ2v) is 3.69. The van der Waals surface area contributed by atoms with E-state index in [4.69, 9.17) is 5.26 Å². The second kappa shape index (κ2) is 5.27. The summed E-state index contributed by atoms with van der Waals surface area (Å²) in [5.74, 6) is 0.347. The summed E-state index contributed by atoms with van der Waals surface area (Å²) in [7, 11) is 0. The third-order valence-corrected chi connectivity index (χ3v) is 2.58. The topological polar surface area (TPSA) is 66.5 Å². The molecule has 0 unspecified atom stereocenters. The molecule has 92 valence electrons. The first-order valence-corrected chi connectivity index (χ1v) is 5.54. The van der Waals surface area contributed by atoms with E-state index in [2.05, 4.69) is 15.5 Å². The normalized spacial score (nSPS) is 10.1. The van der Waals surface area contributed by atoms with E-state index >= 15 is 0 Å². The van der Waals surface area contributed by atoms with Crippen molar-refractivity contribution in [3.8, 4) is 6.07 Å². The van der Waals surface area contributed by atoms with Crippen molar-refractivity contribution in [3.63, 3.8) is 0 Å². The standard InChI is InChI=1S/C12H12FN5/c1-2-18-8-16-17-12(18)7-15-11-4-3-10(13)5-9(11)6-14/h3-5,8,15H,2,7H2,1H3. The fraction of sp³-hybridized carbons (Fsp3) is 0.250. The average molecular weight is 245 g/mol. The Bertz CT molecular complexity index is 584. The maximum atomic E-state index is 13.0. The van der Waals surface area contributed by atoms with E-state index in [1.165, 1.54) is 12.1 Å². The van der Waals surface area contributed by atoms with Gasteiger partial charge in [0.15, 0.2) is 5.82 Å². The zero-order chi connectivity index (χ0) is 13.0. The van der Waals surface area contributed by atoms with Gasteiger partial charge in [-0.05, 0) is 25.1 Å². The fourth-order valence-electron chi connectivity index (χ4n) is 1.62. The number of aromatic nitrogens is 3. The minimum atomic E-state index is -0.422. The van der Waals surface area contributed by atoms with E-state index in [-0.39, 0.29) is 5.56 Å². The van der Waals surface area contributed by atoms with Crippen LogP contribution in [0.1, 0.15) is 18.3 Å². The Morgan fingerprint density at radius 1 is 1.50 bits per heavy atom. The maximum absolute atomic E-state index is 13.0. The first-order chi connectivity index (χ1) is 8.74. The van der Waals surface area contributed by atoms with Crippen molar-refractivity contribution in [2.75, 3.05) is 5.32 Å². The number of rotatable bonds is 4. The zero-order valence-electron chi connectivity index (χ0n) is 9.89. The van der Waals surface area contributed by atoms with Crippen LogP contribution in [0.2, 0.25) is 0 Å². The highest BCUT2D eigenvalue weighted by Crippen LogP contribution is 2.16. The van der Waals surface area contributed by atoms with Crippen LogP contribution in [-0.2, 0) is 13.1 Å². The van der Waals surface area contributed by atoms with Crippen molar-refractivity contribution >= 4 is 5.69 Å². The molecular formula is C12H12FN5. The summed E-state index contributed by atoms with van der Waals surface area (Å²) in [4.78, 5) is 0. The van der Waals surface area contributed by atoms with Crippen molar-refractivity contribution in [2.24, 2.45) is 0 Å². The summed E-state index contributed by atoms with van der Waals surface area (Å²) in [5.41, 5.74) is 0.863. The number of anilines is 1. The Kier molecular flexibility index (Phi) is 3.53. The monoisotopic (exact) mass is 245 g/mol. The molecule has 0 spiro atoms. The van der Waals surface area contributed by atoms with Gasteiger partial charge < -0.3 is 9.88 Å². The van der Waals surface area contributed by atoms with Gasteiger partial charge in [-0.1, -0.05) is 0 Å². The van der Waals surface area contributed by atoms with Gasteiger partial charge in [-0.3, -0.25) is 0 Å². The highest BCUT2D eigenvalue weighted by atomic mass is 19.1. The third kappa shape index (κ3) is 2.46. The Balaban J connectivity index is 2.14. The lowest BCUT2D eigenvalue weighted by Crippen LogP contribution is -2.08. The van der Waals surface area contributed by atoms with Gasteiger partial charge in [0.25, 0.3) is 0 Å². The van der Waals surface area contributed by atoms with E-state index in [9.17, 15) is 4.39 Å². The summed E-state index contributed by atoms with van der Waals surface area (Å²) < 4.78 is 14.9. The van der Waals surface area contributed by atoms with Crippen molar-refractivity contribution < 1.29 is 4.39 Å². The summed E-state index contributed by atoms with van der Waals surface area (Å²) in [6.07, 6.45) is 1.65. The predicted molar refractivity (Wildman–Crippen MR) is 64.1 cm³/mol. The predicted octanol–water partition coefficient (Wildman–Crippen LogP) is 1.92. The molecule has 2 aromatic rings. The molecule has 1 N–H and O–H groups in total. The van der Waals surface area contributed by atoms with Crippen LogP contribution in [0.5, 0.6) is 0 Å². The van der Waals surface area contributed by atoms with Crippen LogP contribution in [0.4, 0.5) is 10.1 Å². The van der Waals surface area contributed by atoms with E-state index in [1.807, 2.05) is 17.6 Å². The van der Waals surface area contributed by atoms with Gasteiger partial charge >= 0.3 is 0 Å². The molecular weight excluding hydrogens is 233 g/mol. The molecule has 0 fully saturated rings. The Labute approximate surface area is 104 Å². The highest BCUT2D eigenvalue weighted by molar-refractivity contribution is 5.57. The average Bonchev–Trinajstić information content (AvgIpc) is 2.84. The number of nitriles is 1. The van der Waals surface area contributed by atoms with E-state index in [0.717, 1.165) is 12.4 Å². The summed E-state index contributed by atoms with van der Waals surface area (Å²) in [6.45, 7) is 3.21. The molecule has 0 bridgehead atoms. The Hall–Kier alpha value is -2.42. The van der Waals surface area contributed by atoms with E-state index in [1.54, 1.807) is 12.4 Å². The zero-order valence-corrected chi connectivity index (χ0v) is 9.89. The molecule has 0 radical (unpaired) electrons. The van der Waals surface area contributed by atoms with Gasteiger partial charge in [-0.25, -0.2) is 4.39 Å². The smallest absolute Gasteiger partial charge is 0.152 e. The molecule has 0 saturated heterocycles. The van der Waals surface area contributed by atoms with E-state index < -0.39 is 5.82 Å². The molecule has 0 saturated carbocycles. The van der Waals surface area contributed by atoms with Crippen molar-refractivity contribution in [2.45, 2.75) is 20.0 Å². The minimum Gasteiger partial charge on any atom is -0.377 e. The lowest BCUT2D eigenvalue weighted by atomic mass is 10.2. The van der Waals surface area contributed by atoms with Gasteiger partial charge in [-0.2, -0.15) is 5.26 Å². The first-order valence-electron chi connectivity index (χ1n) is 5.54. The molecule has 0 aliphatic rings.